The standard InChI is InChI=1S/C27H33N3O4S/c1-19(2)17-25(27(32)29-14-11-22(12-15-29)21-7-5-4-6-8-21)28-35(33,34)24-9-10-26-23(18-24)13-16-30(26)20(3)31/h4-11,18-19,25,28H,12-17H2,1-3H3/t25-/m0/s1. The van der Waals surface area contributed by atoms with Crippen LogP contribution >= 0.6 is 0 Å². The van der Waals surface area contributed by atoms with Crippen molar-refractivity contribution in [1.29, 1.82) is 0 Å². The maximum Gasteiger partial charge on any atom is 0.241 e. The number of carbonyl (C=O) groups is 2. The van der Waals surface area contributed by atoms with Crippen LogP contribution in [0.4, 0.5) is 5.69 Å². The van der Waals surface area contributed by atoms with Gasteiger partial charge in [-0.25, -0.2) is 8.42 Å². The van der Waals surface area contributed by atoms with Gasteiger partial charge in [-0.05, 0) is 60.1 Å². The molecule has 186 valence electrons. The number of hydrogen-bond donors (Lipinski definition) is 1. The molecule has 0 saturated heterocycles. The number of sulfonamides is 1. The normalized spacial score (nSPS) is 16.7. The Morgan fingerprint density at radius 1 is 1.03 bits per heavy atom. The van der Waals surface area contributed by atoms with Crippen molar-refractivity contribution >= 4 is 33.1 Å². The molecule has 1 N–H and O–H groups in total. The minimum atomic E-state index is -3.92. The second-order valence-corrected chi connectivity index (χ2v) is 11.4. The Morgan fingerprint density at radius 2 is 1.77 bits per heavy atom. The van der Waals surface area contributed by atoms with Gasteiger partial charge in [-0.1, -0.05) is 50.3 Å². The van der Waals surface area contributed by atoms with E-state index in [0.717, 1.165) is 23.2 Å². The summed E-state index contributed by atoms with van der Waals surface area (Å²) in [5.74, 6) is -0.128. The Balaban J connectivity index is 1.50. The Kier molecular flexibility index (Phi) is 7.42. The maximum absolute atomic E-state index is 13.4. The number of nitrogens with zero attached hydrogens (tertiary/aromatic N) is 2. The van der Waals surface area contributed by atoms with Gasteiger partial charge in [-0.2, -0.15) is 4.72 Å². The predicted molar refractivity (Wildman–Crippen MR) is 137 cm³/mol. The lowest BCUT2D eigenvalue weighted by atomic mass is 9.98. The SMILES string of the molecule is CC(=O)N1CCc2cc(S(=O)(=O)N[C@@H](CC(C)C)C(=O)N3CC=C(c4ccccc4)CC3)ccc21. The van der Waals surface area contributed by atoms with Crippen molar-refractivity contribution in [2.24, 2.45) is 5.92 Å². The predicted octanol–water partition coefficient (Wildman–Crippen LogP) is 3.60. The smallest absolute Gasteiger partial charge is 0.241 e. The monoisotopic (exact) mass is 495 g/mol. The molecule has 2 aliphatic heterocycles. The van der Waals surface area contributed by atoms with Gasteiger partial charge in [0.15, 0.2) is 0 Å². The largest absolute Gasteiger partial charge is 0.337 e. The molecule has 0 aliphatic carbocycles. The molecule has 2 heterocycles. The molecule has 2 aromatic rings. The average Bonchev–Trinajstić information content (AvgIpc) is 3.27. The number of amides is 2. The van der Waals surface area contributed by atoms with Gasteiger partial charge in [0, 0.05) is 32.2 Å². The minimum absolute atomic E-state index is 0.0638. The Labute approximate surface area is 207 Å². The van der Waals surface area contributed by atoms with Crippen molar-refractivity contribution in [2.75, 3.05) is 24.5 Å². The van der Waals surface area contributed by atoms with Crippen LogP contribution in [0.1, 0.15) is 44.7 Å². The van der Waals surface area contributed by atoms with Gasteiger partial charge in [-0.3, -0.25) is 9.59 Å². The molecule has 1 atom stereocenters. The summed E-state index contributed by atoms with van der Waals surface area (Å²) in [4.78, 5) is 28.7. The fourth-order valence-electron chi connectivity index (χ4n) is 4.80. The second-order valence-electron chi connectivity index (χ2n) is 9.64. The zero-order valence-electron chi connectivity index (χ0n) is 20.5. The topological polar surface area (TPSA) is 86.8 Å². The summed E-state index contributed by atoms with van der Waals surface area (Å²) in [6, 6.07) is 14.1. The van der Waals surface area contributed by atoms with E-state index in [0.29, 0.717) is 32.5 Å². The van der Waals surface area contributed by atoms with E-state index in [2.05, 4.69) is 22.9 Å². The molecule has 0 radical (unpaired) electrons. The molecule has 7 nitrogen and oxygen atoms in total. The first kappa shape index (κ1) is 25.1. The lowest BCUT2D eigenvalue weighted by Gasteiger charge is -2.31. The molecule has 0 aromatic heterocycles. The van der Waals surface area contributed by atoms with Gasteiger partial charge < -0.3 is 9.80 Å². The van der Waals surface area contributed by atoms with E-state index in [9.17, 15) is 18.0 Å². The van der Waals surface area contributed by atoms with Crippen LogP contribution in [0.25, 0.3) is 5.57 Å². The van der Waals surface area contributed by atoms with Crippen LogP contribution in [0.2, 0.25) is 0 Å². The number of carbonyl (C=O) groups excluding carboxylic acids is 2. The van der Waals surface area contributed by atoms with E-state index >= 15 is 0 Å². The first-order chi connectivity index (χ1) is 16.7. The molecule has 0 saturated carbocycles. The first-order valence-corrected chi connectivity index (χ1v) is 13.6. The molecular formula is C27H33N3O4S. The highest BCUT2D eigenvalue weighted by molar-refractivity contribution is 7.89. The first-order valence-electron chi connectivity index (χ1n) is 12.1. The second kappa shape index (κ2) is 10.3. The summed E-state index contributed by atoms with van der Waals surface area (Å²) in [5, 5.41) is 0. The lowest BCUT2D eigenvalue weighted by molar-refractivity contribution is -0.133. The third kappa shape index (κ3) is 5.65. The van der Waals surface area contributed by atoms with Crippen molar-refractivity contribution in [3.8, 4) is 0 Å². The van der Waals surface area contributed by atoms with Crippen molar-refractivity contribution in [3.05, 3.63) is 65.7 Å². The van der Waals surface area contributed by atoms with E-state index in [1.807, 2.05) is 32.0 Å². The number of rotatable bonds is 7. The average molecular weight is 496 g/mol. The third-order valence-electron chi connectivity index (χ3n) is 6.60. The molecule has 0 unspecified atom stereocenters. The van der Waals surface area contributed by atoms with Crippen molar-refractivity contribution in [1.82, 2.24) is 9.62 Å². The van der Waals surface area contributed by atoms with Crippen LogP contribution in [-0.2, 0) is 26.0 Å². The molecular weight excluding hydrogens is 462 g/mol. The van der Waals surface area contributed by atoms with E-state index in [1.54, 1.807) is 21.9 Å². The van der Waals surface area contributed by atoms with Crippen LogP contribution < -0.4 is 9.62 Å². The van der Waals surface area contributed by atoms with E-state index in [-0.39, 0.29) is 22.6 Å². The van der Waals surface area contributed by atoms with E-state index < -0.39 is 16.1 Å². The number of anilines is 1. The van der Waals surface area contributed by atoms with Gasteiger partial charge in [-0.15, -0.1) is 0 Å². The molecule has 0 fully saturated rings. The number of benzene rings is 2. The highest BCUT2D eigenvalue weighted by atomic mass is 32.2. The maximum atomic E-state index is 13.4. The number of fused-ring (bicyclic) bond motifs is 1. The Bertz CT molecular complexity index is 1240. The molecule has 4 rings (SSSR count). The summed E-state index contributed by atoms with van der Waals surface area (Å²) >= 11 is 0. The van der Waals surface area contributed by atoms with Crippen molar-refractivity contribution < 1.29 is 18.0 Å². The van der Waals surface area contributed by atoms with Crippen LogP contribution in [0, 0.1) is 5.92 Å². The number of hydrogen-bond acceptors (Lipinski definition) is 4. The summed E-state index contributed by atoms with van der Waals surface area (Å²) in [6.45, 7) is 7.01. The zero-order chi connectivity index (χ0) is 25.2. The molecule has 8 heteroatoms. The quantitative estimate of drug-likeness (QED) is 0.636. The summed E-state index contributed by atoms with van der Waals surface area (Å²) in [5.41, 5.74) is 3.93. The third-order valence-corrected chi connectivity index (χ3v) is 8.07. The highest BCUT2D eigenvalue weighted by Gasteiger charge is 2.32. The molecule has 2 aromatic carbocycles. The van der Waals surface area contributed by atoms with E-state index in [4.69, 9.17) is 0 Å². The molecule has 35 heavy (non-hydrogen) atoms. The summed E-state index contributed by atoms with van der Waals surface area (Å²) in [6.07, 6.45) is 3.80. The van der Waals surface area contributed by atoms with Gasteiger partial charge >= 0.3 is 0 Å². The zero-order valence-corrected chi connectivity index (χ0v) is 21.3. The molecule has 2 amide bonds. The van der Waals surface area contributed by atoms with Crippen molar-refractivity contribution in [2.45, 2.75) is 51.0 Å². The lowest BCUT2D eigenvalue weighted by Crippen LogP contribution is -2.50. The van der Waals surface area contributed by atoms with Gasteiger partial charge in [0.05, 0.1) is 4.90 Å². The summed E-state index contributed by atoms with van der Waals surface area (Å²) in [7, 11) is -3.92. The Hall–Kier alpha value is -2.97. The van der Waals surface area contributed by atoms with E-state index in [1.165, 1.54) is 18.6 Å². The molecule has 0 spiro atoms. The molecule has 2 aliphatic rings. The number of nitrogens with one attached hydrogen (secondary N) is 1. The van der Waals surface area contributed by atoms with Crippen molar-refractivity contribution in [3.63, 3.8) is 0 Å². The van der Waals surface area contributed by atoms with Crippen LogP contribution in [0.3, 0.4) is 0 Å². The van der Waals surface area contributed by atoms with Crippen LogP contribution in [0.15, 0.2) is 59.5 Å². The fraction of sp³-hybridized carbons (Fsp3) is 0.407. The minimum Gasteiger partial charge on any atom is -0.337 e. The molecule has 0 bridgehead atoms. The fourth-order valence-corrected chi connectivity index (χ4v) is 6.05. The van der Waals surface area contributed by atoms with Gasteiger partial charge in [0.2, 0.25) is 21.8 Å². The van der Waals surface area contributed by atoms with Crippen LogP contribution in [-0.4, -0.2) is 50.8 Å². The van der Waals surface area contributed by atoms with Crippen LogP contribution in [0.5, 0.6) is 0 Å². The Morgan fingerprint density at radius 3 is 2.40 bits per heavy atom. The van der Waals surface area contributed by atoms with Gasteiger partial charge in [0.25, 0.3) is 0 Å². The highest BCUT2D eigenvalue weighted by Crippen LogP contribution is 2.30. The summed E-state index contributed by atoms with van der Waals surface area (Å²) < 4.78 is 29.3. The van der Waals surface area contributed by atoms with Gasteiger partial charge in [0.1, 0.15) is 6.04 Å².